The summed E-state index contributed by atoms with van der Waals surface area (Å²) >= 11 is 0. The first kappa shape index (κ1) is 20.1. The normalized spacial score (nSPS) is 48.2. The van der Waals surface area contributed by atoms with Gasteiger partial charge in [0.2, 0.25) is 0 Å². The summed E-state index contributed by atoms with van der Waals surface area (Å²) in [5, 5.41) is 0. The fourth-order valence-electron chi connectivity index (χ4n) is 7.82. The van der Waals surface area contributed by atoms with Gasteiger partial charge in [-0.15, -0.1) is 0 Å². The van der Waals surface area contributed by atoms with Gasteiger partial charge in [-0.05, 0) is 0 Å². The predicted octanol–water partition coefficient (Wildman–Crippen LogP) is 7.18. The van der Waals surface area contributed by atoms with Crippen LogP contribution in [0, 0.1) is 34.5 Å². The van der Waals surface area contributed by atoms with Crippen LogP contribution < -0.4 is 0 Å². The first-order chi connectivity index (χ1) is 12.1. The van der Waals surface area contributed by atoms with Crippen molar-refractivity contribution in [2.45, 2.75) is 76.9 Å². The summed E-state index contributed by atoms with van der Waals surface area (Å²) in [6.07, 6.45) is 12.4. The van der Waals surface area contributed by atoms with Crippen molar-refractivity contribution in [3.8, 4) is 0 Å². The molecule has 0 aromatic carbocycles. The Bertz CT molecular complexity index is 642. The zero-order valence-corrected chi connectivity index (χ0v) is 20.5. The second-order valence-corrected chi connectivity index (χ2v) is 26.1. The van der Waals surface area contributed by atoms with Crippen LogP contribution in [-0.2, 0) is 4.79 Å². The second-order valence-electron chi connectivity index (χ2n) is 9.98. The van der Waals surface area contributed by atoms with E-state index in [2.05, 4.69) is 19.9 Å². The molecule has 0 aliphatic heterocycles. The van der Waals surface area contributed by atoms with Crippen LogP contribution in [0.25, 0.3) is 0 Å². The molecule has 4 aliphatic rings. The first-order valence-electron chi connectivity index (χ1n) is 10.4. The van der Waals surface area contributed by atoms with Crippen LogP contribution in [0.2, 0.25) is 4.75 Å². The molecule has 0 N–H and O–H groups in total. The van der Waals surface area contributed by atoms with Crippen LogP contribution in [-0.4, -0.2) is 16.3 Å². The predicted molar refractivity (Wildman–Crippen MR) is 113 cm³/mol. The van der Waals surface area contributed by atoms with Crippen LogP contribution >= 0.6 is 30.0 Å². The van der Waals surface area contributed by atoms with Crippen LogP contribution in [0.4, 0.5) is 0 Å². The number of ketones is 1. The number of fused-ring (bicyclic) bond motifs is 5. The van der Waals surface area contributed by atoms with Gasteiger partial charge in [-0.1, -0.05) is 0 Å². The fourth-order valence-corrected chi connectivity index (χ4v) is 14.3. The van der Waals surface area contributed by atoms with Crippen molar-refractivity contribution >= 4 is 46.3 Å². The Morgan fingerprint density at radius 1 is 1.15 bits per heavy atom. The summed E-state index contributed by atoms with van der Waals surface area (Å²) in [6.45, 7) is 6.61. The van der Waals surface area contributed by atoms with E-state index in [0.29, 0.717) is 17.3 Å². The topological polar surface area (TPSA) is 17.1 Å². The van der Waals surface area contributed by atoms with Gasteiger partial charge in [-0.2, -0.15) is 0 Å². The number of hydrogen-bond acceptors (Lipinski definition) is 1. The van der Waals surface area contributed by atoms with Crippen molar-refractivity contribution < 1.29 is 4.79 Å². The molecule has 146 valence electrons. The third kappa shape index (κ3) is 2.89. The van der Waals surface area contributed by atoms with E-state index in [-0.39, 0.29) is 21.9 Å². The number of allylic oxidation sites excluding steroid dienone is 2. The van der Waals surface area contributed by atoms with E-state index < -0.39 is 10.5 Å². The summed E-state index contributed by atoms with van der Waals surface area (Å²) in [6, 6.07) is 0. The van der Waals surface area contributed by atoms with Gasteiger partial charge in [-0.3, -0.25) is 0 Å². The van der Waals surface area contributed by atoms with Gasteiger partial charge in [0.25, 0.3) is 0 Å². The molecule has 0 amide bonds. The van der Waals surface area contributed by atoms with Gasteiger partial charge < -0.3 is 0 Å². The first-order valence-corrected chi connectivity index (χ1v) is 19.8. The molecular weight excluding hydrogens is 447 g/mol. The quantitative estimate of drug-likeness (QED) is 0.304. The van der Waals surface area contributed by atoms with E-state index >= 15 is 0 Å². The van der Waals surface area contributed by atoms with Gasteiger partial charge in [0.1, 0.15) is 0 Å². The molecule has 0 heterocycles. The van der Waals surface area contributed by atoms with Crippen molar-refractivity contribution in [3.63, 3.8) is 0 Å². The molecule has 0 unspecified atom stereocenters. The monoisotopic (exact) mass is 478 g/mol. The molecule has 5 heteroatoms. The Kier molecular flexibility index (Phi) is 5.16. The molecule has 0 saturated heterocycles. The van der Waals surface area contributed by atoms with E-state index in [1.165, 1.54) is 38.5 Å². The molecule has 1 nitrogen and oxygen atoms in total. The minimum atomic E-state index is -3.46. The van der Waals surface area contributed by atoms with Crippen LogP contribution in [0.3, 0.4) is 0 Å². The zero-order valence-electron chi connectivity index (χ0n) is 16.2. The van der Waals surface area contributed by atoms with E-state index in [0.717, 1.165) is 18.8 Å². The third-order valence-electron chi connectivity index (χ3n) is 8.93. The average molecular weight is 478 g/mol. The van der Waals surface area contributed by atoms with Crippen LogP contribution in [0.1, 0.15) is 72.1 Å². The second kappa shape index (κ2) is 6.68. The van der Waals surface area contributed by atoms with Crippen LogP contribution in [0.15, 0.2) is 11.6 Å². The van der Waals surface area contributed by atoms with Crippen molar-refractivity contribution in [1.82, 2.24) is 0 Å². The molecule has 4 rings (SSSR count). The molecule has 3 saturated carbocycles. The molecule has 4 aliphatic carbocycles. The molecule has 0 aromatic rings. The molecular formula is C21H31Cl3GeO. The summed E-state index contributed by atoms with van der Waals surface area (Å²) < 4.78 is 0.0378. The Labute approximate surface area is 173 Å². The number of rotatable bonds is 2. The number of hydrogen-bond donors (Lipinski definition) is 0. The van der Waals surface area contributed by atoms with E-state index in [1.54, 1.807) is 12.5 Å². The standard InChI is InChI=1S/C21H31Cl3GeO/c1-13(26)19-18(25(22,23)24)12-17-15-8-7-14-6-4-5-10-20(14,2)16(15)9-11-21(17,19)3/h7,15-19H,4-6,8-12H2,1-3H3/t15-,16+,17+,18-,19+,20+,21+/m1/s1. The molecule has 0 spiro atoms. The van der Waals surface area contributed by atoms with Gasteiger partial charge >= 0.3 is 174 Å². The summed E-state index contributed by atoms with van der Waals surface area (Å²) in [4.78, 5) is 12.7. The SMILES string of the molecule is CC(=O)[C@H]1[C@H]([Ge]([Cl])([Cl])[Cl])C[C@H]2[C@@H]3CC=C4CCCC[C@]4(C)[C@H]3CC[C@@]21C. The van der Waals surface area contributed by atoms with Crippen molar-refractivity contribution in [3.05, 3.63) is 11.6 Å². The number of carbonyl (C=O) groups excluding carboxylic acids is 1. The van der Waals surface area contributed by atoms with Crippen molar-refractivity contribution in [2.24, 2.45) is 34.5 Å². The van der Waals surface area contributed by atoms with Gasteiger partial charge in [-0.25, -0.2) is 0 Å². The van der Waals surface area contributed by atoms with E-state index in [9.17, 15) is 4.79 Å². The Morgan fingerprint density at radius 3 is 2.54 bits per heavy atom. The number of halogens is 3. The molecule has 7 atom stereocenters. The summed E-state index contributed by atoms with van der Waals surface area (Å²) in [7, 11) is 16.3. The van der Waals surface area contributed by atoms with E-state index in [1.807, 2.05) is 0 Å². The van der Waals surface area contributed by atoms with Gasteiger partial charge in [0.05, 0.1) is 0 Å². The van der Waals surface area contributed by atoms with Crippen molar-refractivity contribution in [2.75, 3.05) is 0 Å². The van der Waals surface area contributed by atoms with Crippen LogP contribution in [0.5, 0.6) is 0 Å². The summed E-state index contributed by atoms with van der Waals surface area (Å²) in [5.41, 5.74) is 2.14. The van der Waals surface area contributed by atoms with Gasteiger partial charge in [0.15, 0.2) is 0 Å². The Morgan fingerprint density at radius 2 is 1.88 bits per heavy atom. The summed E-state index contributed by atoms with van der Waals surface area (Å²) in [5.74, 6) is 2.19. The Hall–Kier alpha value is 0.823. The minimum absolute atomic E-state index is 0.0310. The maximum absolute atomic E-state index is 12.7. The van der Waals surface area contributed by atoms with Gasteiger partial charge in [0, 0.05) is 0 Å². The third-order valence-corrected chi connectivity index (χ3v) is 16.3. The van der Waals surface area contributed by atoms with E-state index in [4.69, 9.17) is 30.0 Å². The molecule has 0 radical (unpaired) electrons. The number of carbonyl (C=O) groups is 1. The average Bonchev–Trinajstić information content (AvgIpc) is 2.87. The number of Topliss-reactive ketones (excluding diaryl/α,β-unsaturated/α-hetero) is 1. The maximum atomic E-state index is 12.7. The van der Waals surface area contributed by atoms with Crippen molar-refractivity contribution in [1.29, 1.82) is 0 Å². The fraction of sp³-hybridized carbons (Fsp3) is 0.857. The Balaban J connectivity index is 1.72. The zero-order chi connectivity index (χ0) is 18.9. The molecule has 26 heavy (non-hydrogen) atoms. The molecule has 0 aromatic heterocycles. The molecule has 3 fully saturated rings. The molecule has 0 bridgehead atoms.